The first-order valence-electron chi connectivity index (χ1n) is 8.70. The smallest absolute Gasteiger partial charge is 0.342 e. The summed E-state index contributed by atoms with van der Waals surface area (Å²) in [7, 11) is 0. The van der Waals surface area contributed by atoms with Gasteiger partial charge in [-0.3, -0.25) is 4.79 Å². The zero-order chi connectivity index (χ0) is 16.9. The molecule has 7 heteroatoms. The topological polar surface area (TPSA) is 33.2 Å². The van der Waals surface area contributed by atoms with Crippen LogP contribution in [0.2, 0.25) is 0 Å². The molecule has 0 radical (unpaired) electrons. The van der Waals surface area contributed by atoms with Gasteiger partial charge in [-0.05, 0) is 43.9 Å². The van der Waals surface area contributed by atoms with E-state index in [0.717, 1.165) is 42.4 Å². The van der Waals surface area contributed by atoms with E-state index in [2.05, 4.69) is 4.98 Å². The second-order valence-corrected chi connectivity index (χ2v) is 8.37. The number of rotatable bonds is 2. The third kappa shape index (κ3) is 2.85. The second-order valence-electron chi connectivity index (χ2n) is 7.48. The van der Waals surface area contributed by atoms with E-state index in [1.807, 2.05) is 4.90 Å². The van der Waals surface area contributed by atoms with Gasteiger partial charge in [0.2, 0.25) is 5.91 Å². The number of nitrogens with zero attached hydrogens (tertiary/aromatic N) is 2. The average molecular weight is 358 g/mol. The quantitative estimate of drug-likeness (QED) is 0.783. The SMILES string of the molecule is O=C(C1CCCC12CC2)N1CCC(c2nc(C(F)(F)F)cs2)CC1. The molecule has 2 aliphatic carbocycles. The summed E-state index contributed by atoms with van der Waals surface area (Å²) < 4.78 is 38.0. The summed E-state index contributed by atoms with van der Waals surface area (Å²) in [6, 6.07) is 0. The third-order valence-electron chi connectivity index (χ3n) is 6.07. The minimum Gasteiger partial charge on any atom is -0.342 e. The van der Waals surface area contributed by atoms with Crippen molar-refractivity contribution in [2.45, 2.75) is 57.0 Å². The number of thiazole rings is 1. The summed E-state index contributed by atoms with van der Waals surface area (Å²) in [6.45, 7) is 1.30. The van der Waals surface area contributed by atoms with Crippen LogP contribution in [0, 0.1) is 11.3 Å². The number of amides is 1. The van der Waals surface area contributed by atoms with Gasteiger partial charge in [0.1, 0.15) is 0 Å². The van der Waals surface area contributed by atoms with E-state index in [4.69, 9.17) is 0 Å². The molecule has 0 aromatic carbocycles. The molecule has 1 unspecified atom stereocenters. The average Bonchev–Trinajstić information content (AvgIpc) is 2.99. The molecule has 1 atom stereocenters. The fraction of sp³-hybridized carbons (Fsp3) is 0.765. The van der Waals surface area contributed by atoms with Crippen LogP contribution in [0.1, 0.15) is 61.6 Å². The van der Waals surface area contributed by atoms with Crippen molar-refractivity contribution in [2.24, 2.45) is 11.3 Å². The lowest BCUT2D eigenvalue weighted by Crippen LogP contribution is -2.42. The van der Waals surface area contributed by atoms with Crippen molar-refractivity contribution >= 4 is 17.2 Å². The zero-order valence-corrected chi connectivity index (χ0v) is 14.3. The highest BCUT2D eigenvalue weighted by molar-refractivity contribution is 7.09. The van der Waals surface area contributed by atoms with Crippen LogP contribution in [0.4, 0.5) is 13.2 Å². The summed E-state index contributed by atoms with van der Waals surface area (Å²) in [5.74, 6) is 0.540. The maximum atomic E-state index is 12.8. The molecule has 132 valence electrons. The Bertz CT molecular complexity index is 630. The van der Waals surface area contributed by atoms with Crippen LogP contribution in [0.15, 0.2) is 5.38 Å². The number of likely N-dealkylation sites (tertiary alicyclic amines) is 1. The summed E-state index contributed by atoms with van der Waals surface area (Å²) in [4.78, 5) is 18.5. The van der Waals surface area contributed by atoms with Gasteiger partial charge >= 0.3 is 6.18 Å². The molecule has 2 saturated carbocycles. The van der Waals surface area contributed by atoms with Crippen molar-refractivity contribution in [3.63, 3.8) is 0 Å². The third-order valence-corrected chi connectivity index (χ3v) is 7.07. The Kier molecular flexibility index (Phi) is 3.90. The van der Waals surface area contributed by atoms with Crippen molar-refractivity contribution < 1.29 is 18.0 Å². The Balaban J connectivity index is 1.37. The molecule has 1 aliphatic heterocycles. The molecule has 1 spiro atoms. The van der Waals surface area contributed by atoms with Crippen molar-refractivity contribution in [3.8, 4) is 0 Å². The van der Waals surface area contributed by atoms with Crippen molar-refractivity contribution in [1.82, 2.24) is 9.88 Å². The normalized spacial score (nSPS) is 27.0. The Morgan fingerprint density at radius 3 is 2.50 bits per heavy atom. The molecule has 3 nitrogen and oxygen atoms in total. The molecule has 0 N–H and O–H groups in total. The maximum Gasteiger partial charge on any atom is 0.434 e. The molecule has 3 aliphatic rings. The molecule has 0 bridgehead atoms. The highest BCUT2D eigenvalue weighted by Gasteiger charge is 2.55. The number of hydrogen-bond acceptors (Lipinski definition) is 3. The molecule has 1 aromatic rings. The molecule has 2 heterocycles. The molecule has 1 amide bonds. The van der Waals surface area contributed by atoms with E-state index in [-0.39, 0.29) is 11.8 Å². The van der Waals surface area contributed by atoms with Gasteiger partial charge < -0.3 is 4.90 Å². The van der Waals surface area contributed by atoms with Gasteiger partial charge in [-0.25, -0.2) is 4.98 Å². The monoisotopic (exact) mass is 358 g/mol. The fourth-order valence-electron chi connectivity index (χ4n) is 4.46. The van der Waals surface area contributed by atoms with Crippen molar-refractivity contribution in [1.29, 1.82) is 0 Å². The van der Waals surface area contributed by atoms with Gasteiger partial charge in [0.05, 0.1) is 5.01 Å². The summed E-state index contributed by atoms with van der Waals surface area (Å²) in [5, 5.41) is 1.66. The number of hydrogen-bond donors (Lipinski definition) is 0. The number of alkyl halides is 3. The summed E-state index contributed by atoms with van der Waals surface area (Å²) >= 11 is 1.09. The van der Waals surface area contributed by atoms with Crippen LogP contribution in [-0.2, 0) is 11.0 Å². The number of carbonyl (C=O) groups is 1. The minimum atomic E-state index is -4.37. The van der Waals surface area contributed by atoms with E-state index in [1.54, 1.807) is 0 Å². The van der Waals surface area contributed by atoms with Gasteiger partial charge in [-0.2, -0.15) is 13.2 Å². The fourth-order valence-corrected chi connectivity index (χ4v) is 5.45. The Morgan fingerprint density at radius 1 is 1.21 bits per heavy atom. The maximum absolute atomic E-state index is 12.8. The molecule has 1 saturated heterocycles. The minimum absolute atomic E-state index is 0.0496. The van der Waals surface area contributed by atoms with Gasteiger partial charge in [0.25, 0.3) is 0 Å². The first-order chi connectivity index (χ1) is 11.4. The van der Waals surface area contributed by atoms with Crippen LogP contribution >= 0.6 is 11.3 Å². The molecule has 1 aromatic heterocycles. The van der Waals surface area contributed by atoms with E-state index in [1.165, 1.54) is 19.3 Å². The highest BCUT2D eigenvalue weighted by Crippen LogP contribution is 2.61. The lowest BCUT2D eigenvalue weighted by atomic mass is 9.89. The molecule has 3 fully saturated rings. The second kappa shape index (κ2) is 5.71. The first-order valence-corrected chi connectivity index (χ1v) is 9.58. The van der Waals surface area contributed by atoms with Crippen molar-refractivity contribution in [3.05, 3.63) is 16.1 Å². The van der Waals surface area contributed by atoms with Crippen LogP contribution in [0.25, 0.3) is 0 Å². The number of halogens is 3. The summed E-state index contributed by atoms with van der Waals surface area (Å²) in [5.41, 5.74) is -0.479. The van der Waals surface area contributed by atoms with E-state index in [0.29, 0.717) is 29.4 Å². The predicted octanol–water partition coefficient (Wildman–Crippen LogP) is 4.45. The van der Waals surface area contributed by atoms with E-state index >= 15 is 0 Å². The van der Waals surface area contributed by atoms with Gasteiger partial charge in [0.15, 0.2) is 5.69 Å². The molecule has 4 rings (SSSR count). The largest absolute Gasteiger partial charge is 0.434 e. The van der Waals surface area contributed by atoms with Crippen LogP contribution < -0.4 is 0 Å². The van der Waals surface area contributed by atoms with E-state index < -0.39 is 11.9 Å². The zero-order valence-electron chi connectivity index (χ0n) is 13.4. The van der Waals surface area contributed by atoms with Gasteiger partial charge in [0, 0.05) is 30.3 Å². The lowest BCUT2D eigenvalue weighted by Gasteiger charge is -2.34. The van der Waals surface area contributed by atoms with Crippen LogP contribution in [0.5, 0.6) is 0 Å². The van der Waals surface area contributed by atoms with Gasteiger partial charge in [-0.15, -0.1) is 11.3 Å². The Morgan fingerprint density at radius 2 is 1.92 bits per heavy atom. The summed E-state index contributed by atoms with van der Waals surface area (Å²) in [6.07, 6.45) is 2.82. The van der Waals surface area contributed by atoms with Crippen molar-refractivity contribution in [2.75, 3.05) is 13.1 Å². The molecular formula is C17H21F3N2OS. The van der Waals surface area contributed by atoms with Gasteiger partial charge in [-0.1, -0.05) is 6.42 Å². The standard InChI is InChI=1S/C17H21F3N2OS/c18-17(19,20)13-10-24-14(21-13)11-3-8-22(9-4-11)15(23)12-2-1-5-16(12)6-7-16/h10-12H,1-9H2. The van der Waals surface area contributed by atoms with Crippen LogP contribution in [0.3, 0.4) is 0 Å². The van der Waals surface area contributed by atoms with E-state index in [9.17, 15) is 18.0 Å². The van der Waals surface area contributed by atoms with Crippen LogP contribution in [-0.4, -0.2) is 28.9 Å². The molecule has 24 heavy (non-hydrogen) atoms. The number of piperidine rings is 1. The number of aromatic nitrogens is 1. The number of carbonyl (C=O) groups excluding carboxylic acids is 1. The first kappa shape index (κ1) is 16.4. The lowest BCUT2D eigenvalue weighted by molar-refractivity contribution is -0.140. The Hall–Kier alpha value is -1.11. The molecular weight excluding hydrogens is 337 g/mol. The predicted molar refractivity (Wildman–Crippen MR) is 84.7 cm³/mol. The Labute approximate surface area is 143 Å². The highest BCUT2D eigenvalue weighted by atomic mass is 32.1.